The molecule has 1 aromatic rings. The molecule has 0 aromatic carbocycles. The average molecular weight is 277 g/mol. The molecule has 1 saturated heterocycles. The van der Waals surface area contributed by atoms with Crippen LogP contribution in [0.15, 0.2) is 12.3 Å². The summed E-state index contributed by atoms with van der Waals surface area (Å²) in [6, 6.07) is 2.04. The van der Waals surface area contributed by atoms with E-state index in [1.807, 2.05) is 46.9 Å². The Morgan fingerprint density at radius 2 is 1.80 bits per heavy atom. The third-order valence-electron chi connectivity index (χ3n) is 4.13. The van der Waals surface area contributed by atoms with Crippen LogP contribution in [0.5, 0.6) is 0 Å². The largest absolute Gasteiger partial charge is 0.514 e. The second kappa shape index (κ2) is 5.13. The molecule has 0 bridgehead atoms. The van der Waals surface area contributed by atoms with Gasteiger partial charge in [-0.15, -0.1) is 0 Å². The fourth-order valence-electron chi connectivity index (χ4n) is 2.29. The Labute approximate surface area is 121 Å². The summed E-state index contributed by atoms with van der Waals surface area (Å²) in [6.45, 7) is 11.9. The minimum Gasteiger partial charge on any atom is -0.398 e. The second-order valence-electron chi connectivity index (χ2n) is 6.70. The Balaban J connectivity index is 2.34. The second-order valence-corrected chi connectivity index (χ2v) is 6.70. The van der Waals surface area contributed by atoms with E-state index in [0.717, 1.165) is 16.7 Å². The Kier molecular flexibility index (Phi) is 3.97. The van der Waals surface area contributed by atoms with Gasteiger partial charge in [0.2, 0.25) is 0 Å². The molecule has 1 fully saturated rings. The van der Waals surface area contributed by atoms with Crippen LogP contribution in [0.4, 0.5) is 0 Å². The highest BCUT2D eigenvalue weighted by Gasteiger charge is 2.52. The lowest BCUT2D eigenvalue weighted by molar-refractivity contribution is 0.00578. The van der Waals surface area contributed by atoms with Crippen LogP contribution >= 0.6 is 0 Å². The molecule has 0 spiro atoms. The molecule has 0 saturated carbocycles. The van der Waals surface area contributed by atoms with E-state index in [4.69, 9.17) is 9.31 Å². The highest BCUT2D eigenvalue weighted by molar-refractivity contribution is 6.61. The number of aliphatic hydroxyl groups excluding tert-OH is 1. The lowest BCUT2D eigenvalue weighted by atomic mass is 9.79. The van der Waals surface area contributed by atoms with Crippen LogP contribution in [0.3, 0.4) is 0 Å². The van der Waals surface area contributed by atoms with Gasteiger partial charge in [-0.3, -0.25) is 4.98 Å². The molecule has 1 aliphatic heterocycles. The fourth-order valence-corrected chi connectivity index (χ4v) is 2.29. The molecule has 4 nitrogen and oxygen atoms in total. The lowest BCUT2D eigenvalue weighted by Gasteiger charge is -2.32. The third-order valence-corrected chi connectivity index (χ3v) is 4.13. The van der Waals surface area contributed by atoms with Crippen molar-refractivity contribution >= 4 is 12.7 Å². The molecule has 0 amide bonds. The van der Waals surface area contributed by atoms with Gasteiger partial charge in [-0.25, -0.2) is 0 Å². The van der Waals surface area contributed by atoms with E-state index in [9.17, 15) is 5.11 Å². The maximum atomic E-state index is 9.66. The maximum Gasteiger partial charge on any atom is 0.514 e. The molecule has 0 radical (unpaired) electrons. The summed E-state index contributed by atoms with van der Waals surface area (Å²) >= 11 is 0. The predicted molar refractivity (Wildman–Crippen MR) is 80.1 cm³/mol. The minimum absolute atomic E-state index is 0.383. The molecule has 2 heterocycles. The van der Waals surface area contributed by atoms with E-state index in [0.29, 0.717) is 6.42 Å². The van der Waals surface area contributed by atoms with Gasteiger partial charge >= 0.3 is 7.12 Å². The van der Waals surface area contributed by atoms with Crippen molar-refractivity contribution in [3.05, 3.63) is 23.4 Å². The van der Waals surface area contributed by atoms with Crippen LogP contribution in [0.2, 0.25) is 0 Å². The number of aromatic nitrogens is 1. The van der Waals surface area contributed by atoms with Gasteiger partial charge in [0.1, 0.15) is 0 Å². The van der Waals surface area contributed by atoms with Crippen molar-refractivity contribution in [1.82, 2.24) is 4.98 Å². The summed E-state index contributed by atoms with van der Waals surface area (Å²) in [6.07, 6.45) is 1.94. The molecule has 0 aliphatic carbocycles. The monoisotopic (exact) mass is 277 g/mol. The van der Waals surface area contributed by atoms with Crippen LogP contribution in [0, 0.1) is 6.92 Å². The van der Waals surface area contributed by atoms with Gasteiger partial charge < -0.3 is 14.4 Å². The molecule has 1 aliphatic rings. The number of nitrogens with zero attached hydrogens (tertiary/aromatic N) is 1. The highest BCUT2D eigenvalue weighted by atomic mass is 16.7. The van der Waals surface area contributed by atoms with E-state index in [1.54, 1.807) is 6.92 Å². The first-order valence-corrected chi connectivity index (χ1v) is 7.11. The Hall–Kier alpha value is -0.905. The molecule has 110 valence electrons. The number of aliphatic hydroxyl groups is 1. The van der Waals surface area contributed by atoms with Crippen LogP contribution in [0.1, 0.15) is 45.7 Å². The first kappa shape index (κ1) is 15.5. The number of hydrogen-bond donors (Lipinski definition) is 1. The number of aryl methyl sites for hydroxylation is 1. The van der Waals surface area contributed by atoms with Gasteiger partial charge in [0, 0.05) is 6.20 Å². The standard InChI is InChI=1S/C15H24BNO3/c1-10-7-12(8-11(2)18)13(17-9-10)16-19-14(3,4)15(5,6)20-16/h7,9,11,18H,8H2,1-6H3. The number of pyridine rings is 1. The van der Waals surface area contributed by atoms with Gasteiger partial charge in [-0.05, 0) is 59.1 Å². The highest BCUT2D eigenvalue weighted by Crippen LogP contribution is 2.36. The first-order valence-electron chi connectivity index (χ1n) is 7.11. The summed E-state index contributed by atoms with van der Waals surface area (Å²) < 4.78 is 12.1. The zero-order valence-corrected chi connectivity index (χ0v) is 13.2. The van der Waals surface area contributed by atoms with E-state index in [-0.39, 0.29) is 11.2 Å². The average Bonchev–Trinajstić information content (AvgIpc) is 2.46. The smallest absolute Gasteiger partial charge is 0.398 e. The Morgan fingerprint density at radius 1 is 1.25 bits per heavy atom. The fraction of sp³-hybridized carbons (Fsp3) is 0.667. The van der Waals surface area contributed by atoms with Crippen molar-refractivity contribution in [3.63, 3.8) is 0 Å². The quantitative estimate of drug-likeness (QED) is 0.853. The van der Waals surface area contributed by atoms with Gasteiger partial charge in [0.15, 0.2) is 0 Å². The van der Waals surface area contributed by atoms with Gasteiger partial charge in [-0.1, -0.05) is 6.07 Å². The van der Waals surface area contributed by atoms with E-state index < -0.39 is 13.2 Å². The summed E-state index contributed by atoms with van der Waals surface area (Å²) in [4.78, 5) is 4.48. The molecule has 1 N–H and O–H groups in total. The number of hydrogen-bond acceptors (Lipinski definition) is 4. The minimum atomic E-state index is -0.477. The van der Waals surface area contributed by atoms with Gasteiger partial charge in [0.05, 0.1) is 22.9 Å². The van der Waals surface area contributed by atoms with Crippen LogP contribution in [0.25, 0.3) is 0 Å². The van der Waals surface area contributed by atoms with Crippen LogP contribution in [-0.4, -0.2) is 34.5 Å². The van der Waals surface area contributed by atoms with Crippen molar-refractivity contribution < 1.29 is 14.4 Å². The summed E-state index contributed by atoms with van der Waals surface area (Å²) in [5.74, 6) is 0. The molecule has 1 atom stereocenters. The molecule has 1 aromatic heterocycles. The Morgan fingerprint density at radius 3 is 2.30 bits per heavy atom. The van der Waals surface area contributed by atoms with Crippen LogP contribution < -0.4 is 5.59 Å². The normalized spacial score (nSPS) is 22.1. The molecule has 2 rings (SSSR count). The molecular formula is C15H24BNO3. The summed E-state index contributed by atoms with van der Waals surface area (Å²) in [5.41, 5.74) is 2.06. The van der Waals surface area contributed by atoms with Gasteiger partial charge in [-0.2, -0.15) is 0 Å². The third kappa shape index (κ3) is 2.90. The predicted octanol–water partition coefficient (Wildman–Crippen LogP) is 1.61. The molecule has 1 unspecified atom stereocenters. The van der Waals surface area contributed by atoms with Gasteiger partial charge in [0.25, 0.3) is 0 Å². The zero-order valence-electron chi connectivity index (χ0n) is 13.2. The van der Waals surface area contributed by atoms with E-state index in [1.165, 1.54) is 0 Å². The molecule has 5 heteroatoms. The van der Waals surface area contributed by atoms with Crippen molar-refractivity contribution in [2.75, 3.05) is 0 Å². The maximum absolute atomic E-state index is 9.66. The summed E-state index contributed by atoms with van der Waals surface area (Å²) in [5, 5.41) is 9.66. The van der Waals surface area contributed by atoms with Crippen molar-refractivity contribution in [1.29, 1.82) is 0 Å². The first-order chi connectivity index (χ1) is 9.12. The topological polar surface area (TPSA) is 51.6 Å². The van der Waals surface area contributed by atoms with E-state index >= 15 is 0 Å². The molecule has 20 heavy (non-hydrogen) atoms. The van der Waals surface area contributed by atoms with Crippen LogP contribution in [-0.2, 0) is 15.7 Å². The van der Waals surface area contributed by atoms with Crippen molar-refractivity contribution in [2.24, 2.45) is 0 Å². The summed E-state index contributed by atoms with van der Waals surface area (Å²) in [7, 11) is -0.477. The molecular weight excluding hydrogens is 253 g/mol. The zero-order chi connectivity index (χ0) is 15.1. The lowest BCUT2D eigenvalue weighted by Crippen LogP contribution is -2.41. The van der Waals surface area contributed by atoms with Crippen molar-refractivity contribution in [2.45, 2.75) is 65.3 Å². The van der Waals surface area contributed by atoms with Crippen molar-refractivity contribution in [3.8, 4) is 0 Å². The Bertz CT molecular complexity index is 484. The van der Waals surface area contributed by atoms with E-state index in [2.05, 4.69) is 4.98 Å². The number of rotatable bonds is 3. The SMILES string of the molecule is Cc1cnc(B2OC(C)(C)C(C)(C)O2)c(CC(C)O)c1.